The van der Waals surface area contributed by atoms with Crippen LogP contribution in [-0.2, 0) is 0 Å². The van der Waals surface area contributed by atoms with Crippen LogP contribution in [-0.4, -0.2) is 9.78 Å². The van der Waals surface area contributed by atoms with Gasteiger partial charge in [0.2, 0.25) is 0 Å². The highest BCUT2D eigenvalue weighted by atomic mass is 32.2. The number of aromatic nitrogens is 2. The summed E-state index contributed by atoms with van der Waals surface area (Å²) in [5, 5.41) is 5.00. The average Bonchev–Trinajstić information content (AvgIpc) is 2.89. The van der Waals surface area contributed by atoms with Crippen molar-refractivity contribution in [3.05, 3.63) is 70.2 Å². The standard InChI is InChI=1S/C16H14N2S3/c1-12(13-8-4-2-5-9-13)20-15-17-18(16(19)21-15)14-10-6-3-7-11-14/h2-12H,1H3/t12-/m0/s1. The molecule has 0 aliphatic heterocycles. The number of para-hydroxylation sites is 1. The van der Waals surface area contributed by atoms with Crippen LogP contribution in [0.3, 0.4) is 0 Å². The van der Waals surface area contributed by atoms with E-state index in [2.05, 4.69) is 36.3 Å². The maximum Gasteiger partial charge on any atom is 0.184 e. The first-order valence-electron chi connectivity index (χ1n) is 6.61. The van der Waals surface area contributed by atoms with Gasteiger partial charge >= 0.3 is 0 Å². The molecule has 0 aliphatic rings. The lowest BCUT2D eigenvalue weighted by molar-refractivity contribution is 0.828. The summed E-state index contributed by atoms with van der Waals surface area (Å²) in [5.74, 6) is 0. The smallest absolute Gasteiger partial charge is 0.184 e. The van der Waals surface area contributed by atoms with Crippen molar-refractivity contribution in [2.75, 3.05) is 0 Å². The zero-order valence-electron chi connectivity index (χ0n) is 11.5. The Labute approximate surface area is 137 Å². The van der Waals surface area contributed by atoms with Gasteiger partial charge in [-0.25, -0.2) is 4.68 Å². The van der Waals surface area contributed by atoms with Crippen LogP contribution in [0, 0.1) is 3.95 Å². The molecule has 106 valence electrons. The number of hydrogen-bond acceptors (Lipinski definition) is 4. The monoisotopic (exact) mass is 330 g/mol. The Morgan fingerprint density at radius 2 is 1.67 bits per heavy atom. The van der Waals surface area contributed by atoms with Crippen LogP contribution in [0.5, 0.6) is 0 Å². The van der Waals surface area contributed by atoms with Gasteiger partial charge in [0.25, 0.3) is 0 Å². The summed E-state index contributed by atoms with van der Waals surface area (Å²) in [4.78, 5) is 0. The van der Waals surface area contributed by atoms with E-state index in [1.165, 1.54) is 5.56 Å². The van der Waals surface area contributed by atoms with Gasteiger partial charge in [0, 0.05) is 5.25 Å². The van der Waals surface area contributed by atoms with Gasteiger partial charge in [-0.3, -0.25) is 0 Å². The average molecular weight is 331 g/mol. The summed E-state index contributed by atoms with van der Waals surface area (Å²) in [7, 11) is 0. The van der Waals surface area contributed by atoms with Gasteiger partial charge < -0.3 is 0 Å². The molecule has 0 radical (unpaired) electrons. The summed E-state index contributed by atoms with van der Waals surface area (Å²) in [6, 6.07) is 20.5. The van der Waals surface area contributed by atoms with Crippen LogP contribution < -0.4 is 0 Å². The van der Waals surface area contributed by atoms with Crippen molar-refractivity contribution in [3.63, 3.8) is 0 Å². The fourth-order valence-corrected chi connectivity index (χ4v) is 4.62. The number of thioether (sulfide) groups is 1. The van der Waals surface area contributed by atoms with Crippen molar-refractivity contribution in [3.8, 4) is 5.69 Å². The third kappa shape index (κ3) is 3.43. The summed E-state index contributed by atoms with van der Waals surface area (Å²) < 4.78 is 3.62. The van der Waals surface area contributed by atoms with Crippen LogP contribution >= 0.6 is 35.3 Å². The molecule has 3 rings (SSSR count). The minimum Gasteiger partial charge on any atom is -0.211 e. The minimum atomic E-state index is 0.357. The molecule has 1 atom stereocenters. The van der Waals surface area contributed by atoms with Crippen molar-refractivity contribution in [2.45, 2.75) is 16.5 Å². The molecule has 0 bridgehead atoms. The lowest BCUT2D eigenvalue weighted by Gasteiger charge is -2.08. The van der Waals surface area contributed by atoms with Gasteiger partial charge in [0.15, 0.2) is 8.29 Å². The first-order valence-corrected chi connectivity index (χ1v) is 8.71. The number of benzene rings is 2. The second-order valence-corrected chi connectivity index (χ2v) is 7.76. The molecule has 0 amide bonds. The molecule has 2 aromatic carbocycles. The minimum absolute atomic E-state index is 0.357. The predicted molar refractivity (Wildman–Crippen MR) is 93.0 cm³/mol. The van der Waals surface area contributed by atoms with E-state index < -0.39 is 0 Å². The van der Waals surface area contributed by atoms with Gasteiger partial charge in [-0.1, -0.05) is 71.6 Å². The molecule has 0 aliphatic carbocycles. The summed E-state index contributed by atoms with van der Waals surface area (Å²) in [6.07, 6.45) is 0. The molecule has 0 N–H and O–H groups in total. The molecular formula is C16H14N2S3. The molecule has 0 saturated heterocycles. The molecule has 0 fully saturated rings. The van der Waals surface area contributed by atoms with Crippen LogP contribution in [0.25, 0.3) is 5.69 Å². The molecule has 3 aromatic rings. The molecule has 1 aromatic heterocycles. The van der Waals surface area contributed by atoms with Gasteiger partial charge in [0.05, 0.1) is 5.69 Å². The Bertz CT molecular complexity index is 763. The zero-order chi connectivity index (χ0) is 14.7. The van der Waals surface area contributed by atoms with Crippen molar-refractivity contribution < 1.29 is 0 Å². The fraction of sp³-hybridized carbons (Fsp3) is 0.125. The topological polar surface area (TPSA) is 17.8 Å². The normalized spacial score (nSPS) is 12.2. The molecule has 0 unspecified atom stereocenters. The van der Waals surface area contributed by atoms with E-state index in [0.717, 1.165) is 14.0 Å². The quantitative estimate of drug-likeness (QED) is 0.463. The second kappa shape index (κ2) is 6.56. The van der Waals surface area contributed by atoms with E-state index >= 15 is 0 Å². The van der Waals surface area contributed by atoms with E-state index in [1.807, 2.05) is 41.1 Å². The molecule has 0 saturated carbocycles. The molecule has 2 nitrogen and oxygen atoms in total. The molecule has 0 spiro atoms. The summed E-state index contributed by atoms with van der Waals surface area (Å²) >= 11 is 8.74. The molecule has 1 heterocycles. The predicted octanol–water partition coefficient (Wildman–Crippen LogP) is 5.52. The Kier molecular flexibility index (Phi) is 4.53. The van der Waals surface area contributed by atoms with Gasteiger partial charge in [0.1, 0.15) is 0 Å². The Morgan fingerprint density at radius 1 is 1.05 bits per heavy atom. The van der Waals surface area contributed by atoms with E-state index in [4.69, 9.17) is 12.2 Å². The largest absolute Gasteiger partial charge is 0.211 e. The van der Waals surface area contributed by atoms with Crippen LogP contribution in [0.2, 0.25) is 0 Å². The number of rotatable bonds is 4. The maximum atomic E-state index is 5.43. The second-order valence-electron chi connectivity index (χ2n) is 4.55. The molecule has 5 heteroatoms. The van der Waals surface area contributed by atoms with Crippen LogP contribution in [0.4, 0.5) is 0 Å². The molecule has 21 heavy (non-hydrogen) atoms. The van der Waals surface area contributed by atoms with Crippen molar-refractivity contribution in [1.29, 1.82) is 0 Å². The van der Waals surface area contributed by atoms with Crippen molar-refractivity contribution in [2.24, 2.45) is 0 Å². The Balaban J connectivity index is 1.84. The van der Waals surface area contributed by atoms with Gasteiger partial charge in [-0.05, 0) is 36.8 Å². The highest BCUT2D eigenvalue weighted by molar-refractivity contribution is 8.01. The first-order chi connectivity index (χ1) is 10.2. The number of nitrogens with zero attached hydrogens (tertiary/aromatic N) is 2. The van der Waals surface area contributed by atoms with Crippen molar-refractivity contribution >= 4 is 35.3 Å². The third-order valence-corrected chi connectivity index (χ3v) is 5.55. The van der Waals surface area contributed by atoms with Gasteiger partial charge in [-0.15, -0.1) is 5.10 Å². The third-order valence-electron chi connectivity index (χ3n) is 3.08. The lowest BCUT2D eigenvalue weighted by atomic mass is 10.2. The van der Waals surface area contributed by atoms with E-state index in [-0.39, 0.29) is 0 Å². The zero-order valence-corrected chi connectivity index (χ0v) is 13.9. The van der Waals surface area contributed by atoms with E-state index in [1.54, 1.807) is 23.1 Å². The summed E-state index contributed by atoms with van der Waals surface area (Å²) in [5.41, 5.74) is 2.31. The summed E-state index contributed by atoms with van der Waals surface area (Å²) in [6.45, 7) is 2.19. The highest BCUT2D eigenvalue weighted by Crippen LogP contribution is 2.36. The lowest BCUT2D eigenvalue weighted by Crippen LogP contribution is -1.96. The SMILES string of the molecule is C[C@H](Sc1nn(-c2ccccc2)c(=S)s1)c1ccccc1. The van der Waals surface area contributed by atoms with Crippen molar-refractivity contribution in [1.82, 2.24) is 9.78 Å². The molecular weight excluding hydrogens is 316 g/mol. The highest BCUT2D eigenvalue weighted by Gasteiger charge is 2.12. The Morgan fingerprint density at radius 3 is 2.33 bits per heavy atom. The van der Waals surface area contributed by atoms with E-state index in [0.29, 0.717) is 5.25 Å². The maximum absolute atomic E-state index is 5.43. The Hall–Kier alpha value is -1.43. The van der Waals surface area contributed by atoms with Gasteiger partial charge in [-0.2, -0.15) is 0 Å². The first kappa shape index (κ1) is 14.5. The van der Waals surface area contributed by atoms with Crippen LogP contribution in [0.1, 0.15) is 17.7 Å². The van der Waals surface area contributed by atoms with Crippen LogP contribution in [0.15, 0.2) is 65.0 Å². The fourth-order valence-electron chi connectivity index (χ4n) is 1.98. The van der Waals surface area contributed by atoms with E-state index in [9.17, 15) is 0 Å². The number of hydrogen-bond donors (Lipinski definition) is 0.